The lowest BCUT2D eigenvalue weighted by atomic mass is 10.0. The van der Waals surface area contributed by atoms with Crippen molar-refractivity contribution in [3.63, 3.8) is 0 Å². The van der Waals surface area contributed by atoms with E-state index in [1.165, 1.54) is 28.0 Å². The van der Waals surface area contributed by atoms with Gasteiger partial charge in [0.25, 0.3) is 5.92 Å². The van der Waals surface area contributed by atoms with Gasteiger partial charge in [-0.25, -0.2) is 8.78 Å². The second-order valence-electron chi connectivity index (χ2n) is 9.51. The van der Waals surface area contributed by atoms with Gasteiger partial charge in [-0.05, 0) is 53.7 Å². The molecule has 0 spiro atoms. The number of halogens is 2. The molecule has 2 aromatic rings. The molecule has 32 heavy (non-hydrogen) atoms. The van der Waals surface area contributed by atoms with Crippen LogP contribution in [0.3, 0.4) is 0 Å². The number of nitrogens with zero attached hydrogens (tertiary/aromatic N) is 2. The molecule has 2 heterocycles. The number of fused-ring (bicyclic) bond motifs is 1. The van der Waals surface area contributed by atoms with Crippen molar-refractivity contribution in [2.24, 2.45) is 0 Å². The van der Waals surface area contributed by atoms with Crippen molar-refractivity contribution in [3.8, 4) is 0 Å². The van der Waals surface area contributed by atoms with E-state index in [1.54, 1.807) is 0 Å². The van der Waals surface area contributed by atoms with Crippen molar-refractivity contribution < 1.29 is 8.78 Å². The van der Waals surface area contributed by atoms with Crippen LogP contribution in [0.15, 0.2) is 48.5 Å². The largest absolute Gasteiger partial charge is 0.371 e. The van der Waals surface area contributed by atoms with Crippen molar-refractivity contribution >= 4 is 17.3 Å². The Balaban J connectivity index is 1.09. The number of alkyl halides is 2. The average Bonchev–Trinajstić information content (AvgIpc) is 3.25. The van der Waals surface area contributed by atoms with Gasteiger partial charge in [0, 0.05) is 63.8 Å². The predicted octanol–water partition coefficient (Wildman–Crippen LogP) is 5.07. The van der Waals surface area contributed by atoms with Crippen LogP contribution < -0.4 is 10.2 Å². The second kappa shape index (κ2) is 9.32. The summed E-state index contributed by atoms with van der Waals surface area (Å²) in [5.41, 5.74) is 6.80. The lowest BCUT2D eigenvalue weighted by Crippen LogP contribution is -2.46. The highest BCUT2D eigenvalue weighted by Crippen LogP contribution is 2.33. The number of benzene rings is 2. The SMILES string of the molecule is FC1(F)CCN(CCNC2CCN(c3cccc(C4=Cc5ccccc5C4)c3)CC2)CC1. The van der Waals surface area contributed by atoms with Gasteiger partial charge in [0.1, 0.15) is 0 Å². The van der Waals surface area contributed by atoms with Crippen LogP contribution in [0.2, 0.25) is 0 Å². The Morgan fingerprint density at radius 3 is 2.50 bits per heavy atom. The number of allylic oxidation sites excluding steroid dienone is 1. The third kappa shape index (κ3) is 5.05. The van der Waals surface area contributed by atoms with Crippen LogP contribution in [0, 0.1) is 0 Å². The average molecular weight is 438 g/mol. The molecule has 5 heteroatoms. The first-order chi connectivity index (χ1) is 15.6. The van der Waals surface area contributed by atoms with Crippen LogP contribution in [0.5, 0.6) is 0 Å². The summed E-state index contributed by atoms with van der Waals surface area (Å²) in [4.78, 5) is 4.66. The van der Waals surface area contributed by atoms with E-state index in [9.17, 15) is 8.78 Å². The summed E-state index contributed by atoms with van der Waals surface area (Å²) in [6.07, 6.45) is 5.60. The van der Waals surface area contributed by atoms with Crippen molar-refractivity contribution in [1.29, 1.82) is 0 Å². The van der Waals surface area contributed by atoms with E-state index in [0.29, 0.717) is 19.1 Å². The molecule has 0 radical (unpaired) electrons. The summed E-state index contributed by atoms with van der Waals surface area (Å²) in [6.45, 7) is 4.90. The fraction of sp³-hybridized carbons (Fsp3) is 0.481. The van der Waals surface area contributed by atoms with Crippen LogP contribution in [0.4, 0.5) is 14.5 Å². The van der Waals surface area contributed by atoms with E-state index >= 15 is 0 Å². The van der Waals surface area contributed by atoms with Crippen molar-refractivity contribution in [2.45, 2.75) is 44.1 Å². The zero-order valence-corrected chi connectivity index (χ0v) is 18.7. The minimum Gasteiger partial charge on any atom is -0.371 e. The summed E-state index contributed by atoms with van der Waals surface area (Å²) in [5.74, 6) is -2.45. The fourth-order valence-corrected chi connectivity index (χ4v) is 5.24. The lowest BCUT2D eigenvalue weighted by Gasteiger charge is -2.35. The molecule has 2 saturated heterocycles. The molecule has 2 fully saturated rings. The molecule has 0 unspecified atom stereocenters. The van der Waals surface area contributed by atoms with Gasteiger partial charge in [0.2, 0.25) is 0 Å². The van der Waals surface area contributed by atoms with Crippen LogP contribution in [0.25, 0.3) is 11.6 Å². The molecule has 2 aromatic carbocycles. The van der Waals surface area contributed by atoms with Gasteiger partial charge in [0.05, 0.1) is 0 Å². The molecular weight excluding hydrogens is 404 g/mol. The molecule has 5 rings (SSSR count). The maximum Gasteiger partial charge on any atom is 0.250 e. The Morgan fingerprint density at radius 2 is 1.72 bits per heavy atom. The Labute approximate surface area is 190 Å². The van der Waals surface area contributed by atoms with Crippen LogP contribution in [-0.2, 0) is 6.42 Å². The molecule has 170 valence electrons. The smallest absolute Gasteiger partial charge is 0.250 e. The van der Waals surface area contributed by atoms with Crippen LogP contribution in [0.1, 0.15) is 42.4 Å². The number of piperidine rings is 2. The first-order valence-electron chi connectivity index (χ1n) is 12.0. The summed E-state index contributed by atoms with van der Waals surface area (Å²) in [6, 6.07) is 18.2. The van der Waals surface area contributed by atoms with E-state index in [4.69, 9.17) is 0 Å². The Hall–Kier alpha value is -2.24. The summed E-state index contributed by atoms with van der Waals surface area (Å²) < 4.78 is 26.6. The molecule has 0 saturated carbocycles. The predicted molar refractivity (Wildman–Crippen MR) is 128 cm³/mol. The molecule has 0 amide bonds. The zero-order valence-electron chi connectivity index (χ0n) is 18.7. The van der Waals surface area contributed by atoms with Gasteiger partial charge in [0.15, 0.2) is 0 Å². The molecular formula is C27H33F2N3. The van der Waals surface area contributed by atoms with E-state index in [-0.39, 0.29) is 12.8 Å². The minimum absolute atomic E-state index is 0.00738. The third-order valence-electron chi connectivity index (χ3n) is 7.29. The van der Waals surface area contributed by atoms with E-state index in [2.05, 4.69) is 69.7 Å². The van der Waals surface area contributed by atoms with Gasteiger partial charge in [-0.1, -0.05) is 42.5 Å². The first-order valence-corrected chi connectivity index (χ1v) is 12.0. The molecule has 0 aromatic heterocycles. The summed E-state index contributed by atoms with van der Waals surface area (Å²) in [7, 11) is 0. The van der Waals surface area contributed by atoms with Crippen LogP contribution >= 0.6 is 0 Å². The van der Waals surface area contributed by atoms with Gasteiger partial charge in [-0.2, -0.15) is 0 Å². The standard InChI is InChI=1S/C27H33F2N3/c28-27(29)10-15-31(16-11-27)17-12-30-25-8-13-32(14-9-25)26-7-3-6-23(20-26)24-18-21-4-1-2-5-22(21)19-24/h1-7,18,20,25,30H,8-17,19H2. The topological polar surface area (TPSA) is 18.5 Å². The highest BCUT2D eigenvalue weighted by Gasteiger charge is 2.33. The fourth-order valence-electron chi connectivity index (χ4n) is 5.24. The van der Waals surface area contributed by atoms with Gasteiger partial charge >= 0.3 is 0 Å². The number of nitrogens with one attached hydrogen (secondary N) is 1. The van der Waals surface area contributed by atoms with Gasteiger partial charge in [-0.15, -0.1) is 0 Å². The van der Waals surface area contributed by atoms with Crippen molar-refractivity contribution in [2.75, 3.05) is 44.2 Å². The third-order valence-corrected chi connectivity index (χ3v) is 7.29. The maximum absolute atomic E-state index is 13.3. The second-order valence-corrected chi connectivity index (χ2v) is 9.51. The number of rotatable bonds is 6. The molecule has 0 bridgehead atoms. The molecule has 0 atom stereocenters. The normalized spacial score (nSPS) is 21.4. The zero-order chi connectivity index (χ0) is 22.0. The van der Waals surface area contributed by atoms with Gasteiger partial charge < -0.3 is 15.1 Å². The molecule has 1 N–H and O–H groups in total. The summed E-state index contributed by atoms with van der Waals surface area (Å²) in [5, 5.41) is 3.66. The summed E-state index contributed by atoms with van der Waals surface area (Å²) >= 11 is 0. The molecule has 3 aliphatic rings. The van der Waals surface area contributed by atoms with Crippen LogP contribution in [-0.4, -0.2) is 56.1 Å². The quantitative estimate of drug-likeness (QED) is 0.681. The van der Waals surface area contributed by atoms with E-state index in [0.717, 1.165) is 45.4 Å². The monoisotopic (exact) mass is 437 g/mol. The Bertz CT molecular complexity index is 953. The molecule has 1 aliphatic carbocycles. The number of likely N-dealkylation sites (tertiary alicyclic amines) is 1. The first kappa shape index (κ1) is 21.6. The lowest BCUT2D eigenvalue weighted by molar-refractivity contribution is -0.0548. The van der Waals surface area contributed by atoms with E-state index < -0.39 is 5.92 Å². The molecule has 2 aliphatic heterocycles. The van der Waals surface area contributed by atoms with Crippen molar-refractivity contribution in [3.05, 3.63) is 65.2 Å². The highest BCUT2D eigenvalue weighted by atomic mass is 19.3. The number of anilines is 1. The molecule has 3 nitrogen and oxygen atoms in total. The number of hydrogen-bond acceptors (Lipinski definition) is 3. The number of hydrogen-bond donors (Lipinski definition) is 1. The Kier molecular flexibility index (Phi) is 6.29. The maximum atomic E-state index is 13.3. The van der Waals surface area contributed by atoms with Crippen molar-refractivity contribution in [1.82, 2.24) is 10.2 Å². The Morgan fingerprint density at radius 1 is 0.938 bits per heavy atom. The minimum atomic E-state index is -2.45. The van der Waals surface area contributed by atoms with Gasteiger partial charge in [-0.3, -0.25) is 0 Å². The van der Waals surface area contributed by atoms with E-state index in [1.807, 2.05) is 0 Å². The highest BCUT2D eigenvalue weighted by molar-refractivity contribution is 5.89.